The molecule has 1 aliphatic carbocycles. The lowest BCUT2D eigenvalue weighted by Crippen LogP contribution is -2.32. The molecule has 0 saturated carbocycles. The van der Waals surface area contributed by atoms with Crippen LogP contribution in [0, 0.1) is 0 Å². The number of ether oxygens (including phenoxy) is 1. The fraction of sp³-hybridized carbons (Fsp3) is 0.222. The summed E-state index contributed by atoms with van der Waals surface area (Å²) in [5, 5.41) is 2.96. The summed E-state index contributed by atoms with van der Waals surface area (Å²) >= 11 is 0. The van der Waals surface area contributed by atoms with Crippen LogP contribution in [0.3, 0.4) is 0 Å². The van der Waals surface area contributed by atoms with Gasteiger partial charge in [0.25, 0.3) is 0 Å². The average molecular weight is 294 g/mol. The molecule has 1 amide bonds. The summed E-state index contributed by atoms with van der Waals surface area (Å²) in [5.41, 5.74) is 1.91. The molecule has 0 saturated heterocycles. The summed E-state index contributed by atoms with van der Waals surface area (Å²) < 4.78 is 6.07. The van der Waals surface area contributed by atoms with Crippen LogP contribution in [-0.4, -0.2) is 10.9 Å². The second-order valence-corrected chi connectivity index (χ2v) is 5.24. The molecule has 0 spiro atoms. The molecule has 0 bridgehead atoms. The fourth-order valence-electron chi connectivity index (χ4n) is 2.76. The van der Waals surface area contributed by atoms with Crippen LogP contribution in [-0.2, 0) is 4.79 Å². The summed E-state index contributed by atoms with van der Waals surface area (Å²) in [6.45, 7) is 3.50. The van der Waals surface area contributed by atoms with Crippen LogP contribution in [0.2, 0.25) is 0 Å². The summed E-state index contributed by atoms with van der Waals surface area (Å²) in [6, 6.07) is 13.6. The van der Waals surface area contributed by atoms with Crippen LogP contribution >= 0.6 is 0 Å². The smallest absolute Gasteiger partial charge is 0.243 e. The lowest BCUT2D eigenvalue weighted by Gasteiger charge is -2.31. The number of hydrogen-bond donors (Lipinski definition) is 1. The molecular weight excluding hydrogens is 276 g/mol. The van der Waals surface area contributed by atoms with E-state index < -0.39 is 0 Å². The Bertz CT molecular complexity index is 670. The number of benzene rings is 1. The molecule has 2 aromatic rings. The highest BCUT2D eigenvalue weighted by molar-refractivity contribution is 5.87. The molecule has 0 unspecified atom stereocenters. The molecule has 2 atom stereocenters. The predicted molar refractivity (Wildman–Crippen MR) is 84.4 cm³/mol. The number of fused-ring (bicyclic) bond motifs is 1. The quantitative estimate of drug-likeness (QED) is 0.880. The molecule has 1 aromatic carbocycles. The Morgan fingerprint density at radius 2 is 2.05 bits per heavy atom. The zero-order valence-corrected chi connectivity index (χ0v) is 12.2. The Balaban J connectivity index is 1.84. The third kappa shape index (κ3) is 3.01. The maximum atomic E-state index is 11.6. The molecule has 1 N–H and O–H groups in total. The van der Waals surface area contributed by atoms with Gasteiger partial charge in [-0.05, 0) is 42.7 Å². The van der Waals surface area contributed by atoms with Crippen molar-refractivity contribution in [2.24, 2.45) is 0 Å². The van der Waals surface area contributed by atoms with Gasteiger partial charge in [-0.2, -0.15) is 0 Å². The normalized spacial score (nSPS) is 19.8. The van der Waals surface area contributed by atoms with Crippen molar-refractivity contribution >= 4 is 5.91 Å². The molecule has 0 radical (unpaired) electrons. The van der Waals surface area contributed by atoms with Crippen LogP contribution < -0.4 is 10.1 Å². The third-order valence-electron chi connectivity index (χ3n) is 3.79. The minimum atomic E-state index is -0.165. The monoisotopic (exact) mass is 294 g/mol. The van der Waals surface area contributed by atoms with Gasteiger partial charge in [-0.3, -0.25) is 9.78 Å². The number of hydrogen-bond acceptors (Lipinski definition) is 3. The summed E-state index contributed by atoms with van der Waals surface area (Å²) in [6.07, 6.45) is 4.59. The number of nitrogens with one attached hydrogen (secondary N) is 1. The first-order chi connectivity index (χ1) is 10.8. The van der Waals surface area contributed by atoms with Gasteiger partial charge in [-0.15, -0.1) is 0 Å². The largest absolute Gasteiger partial charge is 0.484 e. The van der Waals surface area contributed by atoms with E-state index in [4.69, 9.17) is 4.74 Å². The second kappa shape index (κ2) is 6.43. The highest BCUT2D eigenvalue weighted by atomic mass is 16.5. The maximum absolute atomic E-state index is 11.6. The SMILES string of the molecule is C=CC(=O)N[C@H]1CC[C@@H](Oc2ccccc2)c2ncccc21. The van der Waals surface area contributed by atoms with Crippen LogP contribution in [0.15, 0.2) is 61.3 Å². The Morgan fingerprint density at radius 3 is 2.82 bits per heavy atom. The van der Waals surface area contributed by atoms with Gasteiger partial charge in [0.1, 0.15) is 11.9 Å². The number of carbonyl (C=O) groups excluding carboxylic acids is 1. The van der Waals surface area contributed by atoms with Gasteiger partial charge in [0, 0.05) is 6.20 Å². The van der Waals surface area contributed by atoms with E-state index >= 15 is 0 Å². The molecule has 4 heteroatoms. The Labute approximate surface area is 129 Å². The molecule has 1 aromatic heterocycles. The van der Waals surface area contributed by atoms with E-state index in [0.29, 0.717) is 0 Å². The molecule has 112 valence electrons. The highest BCUT2D eigenvalue weighted by Crippen LogP contribution is 2.37. The highest BCUT2D eigenvalue weighted by Gasteiger charge is 2.30. The van der Waals surface area contributed by atoms with Gasteiger partial charge in [0.15, 0.2) is 0 Å². The first-order valence-corrected chi connectivity index (χ1v) is 7.37. The van der Waals surface area contributed by atoms with E-state index in [-0.39, 0.29) is 18.1 Å². The summed E-state index contributed by atoms with van der Waals surface area (Å²) in [5.74, 6) is 0.667. The Kier molecular flexibility index (Phi) is 4.19. The van der Waals surface area contributed by atoms with E-state index in [1.54, 1.807) is 6.20 Å². The standard InChI is InChI=1S/C18H18N2O2/c1-2-17(21)20-15-10-11-16(18-14(15)9-6-12-19-18)22-13-7-4-3-5-8-13/h2-9,12,15-16H,1,10-11H2,(H,20,21)/t15-,16+/m0/s1. The number of aromatic nitrogens is 1. The minimum absolute atomic E-state index is 0.0372. The lowest BCUT2D eigenvalue weighted by molar-refractivity contribution is -0.117. The zero-order valence-electron chi connectivity index (χ0n) is 12.2. The van der Waals surface area contributed by atoms with Gasteiger partial charge < -0.3 is 10.1 Å². The van der Waals surface area contributed by atoms with Crippen molar-refractivity contribution in [1.29, 1.82) is 0 Å². The molecule has 0 aliphatic heterocycles. The summed E-state index contributed by atoms with van der Waals surface area (Å²) in [4.78, 5) is 16.1. The third-order valence-corrected chi connectivity index (χ3v) is 3.79. The molecule has 3 rings (SSSR count). The first kappa shape index (κ1) is 14.3. The van der Waals surface area contributed by atoms with Gasteiger partial charge in [-0.1, -0.05) is 30.8 Å². The van der Waals surface area contributed by atoms with Crippen LogP contribution in [0.1, 0.15) is 36.2 Å². The van der Waals surface area contributed by atoms with Gasteiger partial charge in [0.05, 0.1) is 11.7 Å². The van der Waals surface area contributed by atoms with Crippen LogP contribution in [0.25, 0.3) is 0 Å². The predicted octanol–water partition coefficient (Wildman–Crippen LogP) is 3.34. The van der Waals surface area contributed by atoms with E-state index in [1.165, 1.54) is 6.08 Å². The van der Waals surface area contributed by atoms with Crippen molar-refractivity contribution in [1.82, 2.24) is 10.3 Å². The van der Waals surface area contributed by atoms with Crippen molar-refractivity contribution in [2.75, 3.05) is 0 Å². The maximum Gasteiger partial charge on any atom is 0.243 e. The van der Waals surface area contributed by atoms with E-state index in [9.17, 15) is 4.79 Å². The number of carbonyl (C=O) groups is 1. The topological polar surface area (TPSA) is 51.2 Å². The Hall–Kier alpha value is -2.62. The summed E-state index contributed by atoms with van der Waals surface area (Å²) in [7, 11) is 0. The second-order valence-electron chi connectivity index (χ2n) is 5.24. The van der Waals surface area contributed by atoms with Crippen molar-refractivity contribution in [2.45, 2.75) is 25.0 Å². The van der Waals surface area contributed by atoms with Crippen molar-refractivity contribution in [3.63, 3.8) is 0 Å². The van der Waals surface area contributed by atoms with E-state index in [0.717, 1.165) is 29.8 Å². The lowest BCUT2D eigenvalue weighted by atomic mass is 9.89. The number of rotatable bonds is 4. The fourth-order valence-corrected chi connectivity index (χ4v) is 2.76. The molecular formula is C18H18N2O2. The van der Waals surface area contributed by atoms with Crippen molar-refractivity contribution in [3.05, 3.63) is 72.6 Å². The van der Waals surface area contributed by atoms with E-state index in [2.05, 4.69) is 16.9 Å². The van der Waals surface area contributed by atoms with Crippen LogP contribution in [0.5, 0.6) is 5.75 Å². The Morgan fingerprint density at radius 1 is 1.23 bits per heavy atom. The van der Waals surface area contributed by atoms with Crippen LogP contribution in [0.4, 0.5) is 0 Å². The first-order valence-electron chi connectivity index (χ1n) is 7.37. The number of amides is 1. The number of para-hydroxylation sites is 1. The van der Waals surface area contributed by atoms with Gasteiger partial charge >= 0.3 is 0 Å². The average Bonchev–Trinajstić information content (AvgIpc) is 2.58. The van der Waals surface area contributed by atoms with Crippen molar-refractivity contribution < 1.29 is 9.53 Å². The molecule has 22 heavy (non-hydrogen) atoms. The molecule has 1 aliphatic rings. The van der Waals surface area contributed by atoms with E-state index in [1.807, 2.05) is 42.5 Å². The van der Waals surface area contributed by atoms with Gasteiger partial charge in [-0.25, -0.2) is 0 Å². The molecule has 1 heterocycles. The van der Waals surface area contributed by atoms with Crippen molar-refractivity contribution in [3.8, 4) is 5.75 Å². The minimum Gasteiger partial charge on any atom is -0.484 e. The molecule has 0 fully saturated rings. The zero-order chi connectivity index (χ0) is 15.4. The molecule has 4 nitrogen and oxygen atoms in total. The number of pyridine rings is 1. The number of nitrogens with zero attached hydrogens (tertiary/aromatic N) is 1. The van der Waals surface area contributed by atoms with Gasteiger partial charge in [0.2, 0.25) is 5.91 Å².